The lowest BCUT2D eigenvalue weighted by molar-refractivity contribution is 0.0523. The summed E-state index contributed by atoms with van der Waals surface area (Å²) >= 11 is 0. The van der Waals surface area contributed by atoms with Gasteiger partial charge in [0.25, 0.3) is 0 Å². The van der Waals surface area contributed by atoms with Crippen LogP contribution in [0, 0.1) is 11.3 Å². The van der Waals surface area contributed by atoms with Gasteiger partial charge in [-0.05, 0) is 38.0 Å². The van der Waals surface area contributed by atoms with Crippen LogP contribution >= 0.6 is 0 Å². The lowest BCUT2D eigenvalue weighted by atomic mass is 9.87. The van der Waals surface area contributed by atoms with Gasteiger partial charge in [0.15, 0.2) is 0 Å². The number of hydrogen-bond acceptors (Lipinski definition) is 3. The fourth-order valence-electron chi connectivity index (χ4n) is 2.79. The molecule has 3 fully saturated rings. The van der Waals surface area contributed by atoms with Crippen LogP contribution in [0.3, 0.4) is 0 Å². The van der Waals surface area contributed by atoms with Crippen molar-refractivity contribution >= 4 is 0 Å². The van der Waals surface area contributed by atoms with Crippen LogP contribution in [0.25, 0.3) is 0 Å². The van der Waals surface area contributed by atoms with Crippen LogP contribution in [0.2, 0.25) is 0 Å². The van der Waals surface area contributed by atoms with E-state index in [9.17, 15) is 5.11 Å². The van der Waals surface area contributed by atoms with Gasteiger partial charge in [-0.3, -0.25) is 4.90 Å². The first-order chi connectivity index (χ1) is 7.81. The minimum Gasteiger partial charge on any atom is -0.396 e. The van der Waals surface area contributed by atoms with Crippen LogP contribution in [0.5, 0.6) is 0 Å². The summed E-state index contributed by atoms with van der Waals surface area (Å²) in [5, 5.41) is 9.61. The molecule has 3 aliphatic rings. The molecule has 1 atom stereocenters. The third-order valence-electron chi connectivity index (χ3n) is 4.31. The summed E-state index contributed by atoms with van der Waals surface area (Å²) in [6, 6.07) is 0.824. The van der Waals surface area contributed by atoms with Crippen molar-refractivity contribution in [1.29, 1.82) is 0 Å². The molecule has 0 spiro atoms. The van der Waals surface area contributed by atoms with Gasteiger partial charge in [0.05, 0.1) is 13.2 Å². The third kappa shape index (κ3) is 2.41. The van der Waals surface area contributed by atoms with Gasteiger partial charge in [-0.15, -0.1) is 0 Å². The van der Waals surface area contributed by atoms with Crippen molar-refractivity contribution in [3.63, 3.8) is 0 Å². The van der Waals surface area contributed by atoms with E-state index in [1.54, 1.807) is 0 Å². The number of aliphatic hydroxyl groups is 1. The number of hydrogen-bond donors (Lipinski definition) is 1. The van der Waals surface area contributed by atoms with Crippen molar-refractivity contribution in [2.75, 3.05) is 32.9 Å². The van der Waals surface area contributed by atoms with Crippen LogP contribution in [0.4, 0.5) is 0 Å². The summed E-state index contributed by atoms with van der Waals surface area (Å²) in [4.78, 5) is 2.64. The summed E-state index contributed by atoms with van der Waals surface area (Å²) < 4.78 is 5.49. The molecule has 0 aromatic carbocycles. The van der Waals surface area contributed by atoms with E-state index in [1.807, 2.05) is 0 Å². The van der Waals surface area contributed by atoms with Gasteiger partial charge >= 0.3 is 0 Å². The van der Waals surface area contributed by atoms with Crippen molar-refractivity contribution in [2.45, 2.75) is 38.1 Å². The fourth-order valence-corrected chi connectivity index (χ4v) is 2.79. The van der Waals surface area contributed by atoms with E-state index in [2.05, 4.69) is 4.90 Å². The zero-order valence-corrected chi connectivity index (χ0v) is 10.0. The molecule has 0 aromatic rings. The Kier molecular flexibility index (Phi) is 2.94. The quantitative estimate of drug-likeness (QED) is 0.738. The van der Waals surface area contributed by atoms with Gasteiger partial charge in [0.2, 0.25) is 0 Å². The molecule has 92 valence electrons. The Morgan fingerprint density at radius 1 is 1.25 bits per heavy atom. The standard InChI is InChI=1S/C13H23NO2/c15-9-13(5-6-16-10-13)8-14(12-3-4-12)7-11-1-2-11/h11-12,15H,1-10H2. The summed E-state index contributed by atoms with van der Waals surface area (Å²) in [7, 11) is 0. The maximum atomic E-state index is 9.61. The van der Waals surface area contributed by atoms with Crippen molar-refractivity contribution in [1.82, 2.24) is 4.90 Å². The van der Waals surface area contributed by atoms with E-state index in [0.717, 1.165) is 38.1 Å². The zero-order valence-electron chi connectivity index (χ0n) is 10.0. The Morgan fingerprint density at radius 3 is 2.56 bits per heavy atom. The highest BCUT2D eigenvalue weighted by Gasteiger charge is 2.41. The van der Waals surface area contributed by atoms with Crippen LogP contribution in [0.15, 0.2) is 0 Å². The van der Waals surface area contributed by atoms with E-state index < -0.39 is 0 Å². The Hall–Kier alpha value is -0.120. The fraction of sp³-hybridized carbons (Fsp3) is 1.00. The van der Waals surface area contributed by atoms with Crippen molar-refractivity contribution < 1.29 is 9.84 Å². The molecule has 1 saturated heterocycles. The summed E-state index contributed by atoms with van der Waals surface area (Å²) in [5.41, 5.74) is 0.0531. The normalized spacial score (nSPS) is 34.9. The Bertz CT molecular complexity index is 242. The lowest BCUT2D eigenvalue weighted by Crippen LogP contribution is -2.42. The molecule has 3 rings (SSSR count). The molecule has 1 aliphatic heterocycles. The van der Waals surface area contributed by atoms with E-state index in [0.29, 0.717) is 6.61 Å². The number of rotatable bonds is 6. The first-order valence-electron chi connectivity index (χ1n) is 6.74. The Balaban J connectivity index is 1.59. The molecule has 0 amide bonds. The largest absolute Gasteiger partial charge is 0.396 e. The predicted molar refractivity (Wildman–Crippen MR) is 62.3 cm³/mol. The second-order valence-corrected chi connectivity index (χ2v) is 6.06. The summed E-state index contributed by atoms with van der Waals surface area (Å²) in [6.07, 6.45) is 6.62. The molecular formula is C13H23NO2. The van der Waals surface area contributed by atoms with Crippen molar-refractivity contribution in [3.05, 3.63) is 0 Å². The maximum Gasteiger partial charge on any atom is 0.0557 e. The minimum atomic E-state index is 0.0531. The smallest absolute Gasteiger partial charge is 0.0557 e. The first-order valence-corrected chi connectivity index (χ1v) is 6.74. The molecule has 3 nitrogen and oxygen atoms in total. The number of ether oxygens (including phenoxy) is 1. The molecule has 1 unspecified atom stereocenters. The van der Waals surface area contributed by atoms with Gasteiger partial charge in [-0.2, -0.15) is 0 Å². The molecule has 2 saturated carbocycles. The van der Waals surface area contributed by atoms with E-state index in [1.165, 1.54) is 32.2 Å². The highest BCUT2D eigenvalue weighted by molar-refractivity contribution is 4.94. The Morgan fingerprint density at radius 2 is 2.06 bits per heavy atom. The minimum absolute atomic E-state index is 0.0531. The van der Waals surface area contributed by atoms with Gasteiger partial charge < -0.3 is 9.84 Å². The molecular weight excluding hydrogens is 202 g/mol. The average Bonchev–Trinajstić information content (AvgIpc) is 3.19. The number of aliphatic hydroxyl groups excluding tert-OH is 1. The van der Waals surface area contributed by atoms with Crippen LogP contribution < -0.4 is 0 Å². The highest BCUT2D eigenvalue weighted by Crippen LogP contribution is 2.38. The van der Waals surface area contributed by atoms with Crippen molar-refractivity contribution in [3.8, 4) is 0 Å². The van der Waals surface area contributed by atoms with Gasteiger partial charge in [-0.25, -0.2) is 0 Å². The Labute approximate surface area is 97.8 Å². The van der Waals surface area contributed by atoms with Gasteiger partial charge in [0.1, 0.15) is 0 Å². The van der Waals surface area contributed by atoms with Gasteiger partial charge in [-0.1, -0.05) is 0 Å². The SMILES string of the molecule is OCC1(CN(CC2CC2)C2CC2)CCOC1. The summed E-state index contributed by atoms with van der Waals surface area (Å²) in [6.45, 7) is 4.22. The monoisotopic (exact) mass is 225 g/mol. The average molecular weight is 225 g/mol. The van der Waals surface area contributed by atoms with Gasteiger partial charge in [0, 0.05) is 31.2 Å². The zero-order chi connectivity index (χ0) is 11.0. The van der Waals surface area contributed by atoms with E-state index >= 15 is 0 Å². The van der Waals surface area contributed by atoms with Crippen LogP contribution in [0.1, 0.15) is 32.1 Å². The molecule has 2 aliphatic carbocycles. The number of nitrogens with zero attached hydrogens (tertiary/aromatic N) is 1. The molecule has 0 bridgehead atoms. The van der Waals surface area contributed by atoms with E-state index in [-0.39, 0.29) is 5.41 Å². The van der Waals surface area contributed by atoms with Crippen LogP contribution in [-0.4, -0.2) is 49.0 Å². The topological polar surface area (TPSA) is 32.7 Å². The summed E-state index contributed by atoms with van der Waals surface area (Å²) in [5.74, 6) is 0.957. The molecule has 16 heavy (non-hydrogen) atoms. The highest BCUT2D eigenvalue weighted by atomic mass is 16.5. The molecule has 0 radical (unpaired) electrons. The first kappa shape index (κ1) is 11.0. The van der Waals surface area contributed by atoms with E-state index in [4.69, 9.17) is 4.74 Å². The third-order valence-corrected chi connectivity index (χ3v) is 4.31. The molecule has 1 heterocycles. The maximum absolute atomic E-state index is 9.61. The lowest BCUT2D eigenvalue weighted by Gasteiger charge is -2.33. The second-order valence-electron chi connectivity index (χ2n) is 6.06. The van der Waals surface area contributed by atoms with Crippen molar-refractivity contribution in [2.24, 2.45) is 11.3 Å². The predicted octanol–water partition coefficient (Wildman–Crippen LogP) is 1.26. The van der Waals surface area contributed by atoms with Crippen LogP contribution in [-0.2, 0) is 4.74 Å². The molecule has 0 aromatic heterocycles. The second kappa shape index (κ2) is 4.28. The molecule has 3 heteroatoms. The molecule has 1 N–H and O–H groups in total.